The molecule has 2 saturated heterocycles. The number of esters is 1. The number of nitrogens with zero attached hydrogens (tertiary/aromatic N) is 1. The van der Waals surface area contributed by atoms with Crippen LogP contribution in [0.15, 0.2) is 30.5 Å². The topological polar surface area (TPSA) is 90.7 Å². The van der Waals surface area contributed by atoms with E-state index in [0.717, 1.165) is 41.7 Å². The molecule has 0 amide bonds. The van der Waals surface area contributed by atoms with Crippen molar-refractivity contribution in [3.63, 3.8) is 0 Å². The molecule has 29 heavy (non-hydrogen) atoms. The molecule has 1 N–H and O–H groups in total. The Hall–Kier alpha value is -2.25. The highest BCUT2D eigenvalue weighted by atomic mass is 16.6. The number of benzene rings is 1. The number of nitrogens with one attached hydrogen (secondary N) is 1. The lowest BCUT2D eigenvalue weighted by molar-refractivity contribution is -0.400. The molecule has 7 heteroatoms. The lowest BCUT2D eigenvalue weighted by atomic mass is 9.59. The average molecular weight is 394 g/mol. The maximum atomic E-state index is 12.4. The Balaban J connectivity index is 0.987. The Morgan fingerprint density at radius 2 is 2.17 bits per heavy atom. The van der Waals surface area contributed by atoms with Crippen LogP contribution in [0.5, 0.6) is 0 Å². The number of hydrogen-bond donors (Lipinski definition) is 1. The summed E-state index contributed by atoms with van der Waals surface area (Å²) in [5.41, 5.74) is 0.851. The van der Waals surface area contributed by atoms with E-state index < -0.39 is 10.9 Å². The van der Waals surface area contributed by atoms with Gasteiger partial charge in [-0.15, -0.1) is 0 Å². The van der Waals surface area contributed by atoms with Gasteiger partial charge in [0.25, 0.3) is 0 Å². The molecule has 1 aromatic carbocycles. The molecule has 7 fully saturated rings. The predicted molar refractivity (Wildman–Crippen MR) is 101 cm³/mol. The van der Waals surface area contributed by atoms with Gasteiger partial charge in [0.15, 0.2) is 0 Å². The molecule has 2 aliphatic heterocycles. The van der Waals surface area contributed by atoms with Crippen LogP contribution >= 0.6 is 0 Å². The number of carbonyl (C=O) groups excluding carboxylic acids is 1. The summed E-state index contributed by atoms with van der Waals surface area (Å²) >= 11 is 0. The van der Waals surface area contributed by atoms with Gasteiger partial charge in [0.2, 0.25) is 6.20 Å². The molecular weight excluding hydrogens is 372 g/mol. The van der Waals surface area contributed by atoms with E-state index in [1.54, 1.807) is 24.3 Å². The molecule has 5 aliphatic carbocycles. The van der Waals surface area contributed by atoms with Gasteiger partial charge in [-0.1, -0.05) is 12.1 Å². The maximum Gasteiger partial charge on any atom is 0.338 e. The van der Waals surface area contributed by atoms with Crippen molar-refractivity contribution in [3.05, 3.63) is 51.7 Å². The van der Waals surface area contributed by atoms with Crippen molar-refractivity contribution in [2.24, 2.45) is 47.3 Å². The van der Waals surface area contributed by atoms with Crippen LogP contribution in [0.2, 0.25) is 0 Å². The zero-order chi connectivity index (χ0) is 19.5. The molecular formula is C22H22N2O5. The zero-order valence-electron chi connectivity index (χ0n) is 15.8. The summed E-state index contributed by atoms with van der Waals surface area (Å²) in [6.45, 7) is 0.890. The minimum Gasteiger partial charge on any atom is -0.461 e. The molecule has 0 aromatic heterocycles. The fourth-order valence-corrected chi connectivity index (χ4v) is 8.68. The summed E-state index contributed by atoms with van der Waals surface area (Å²) in [4.78, 5) is 22.3. The third kappa shape index (κ3) is 1.80. The van der Waals surface area contributed by atoms with Crippen LogP contribution in [-0.2, 0) is 9.47 Å². The molecule has 10 unspecified atom stereocenters. The van der Waals surface area contributed by atoms with E-state index in [1.165, 1.54) is 12.5 Å². The van der Waals surface area contributed by atoms with E-state index in [1.807, 2.05) is 0 Å². The lowest BCUT2D eigenvalue weighted by Crippen LogP contribution is -2.57. The van der Waals surface area contributed by atoms with Crippen molar-refractivity contribution in [2.45, 2.75) is 18.2 Å². The first kappa shape index (κ1) is 16.5. The van der Waals surface area contributed by atoms with Gasteiger partial charge in [-0.3, -0.25) is 15.4 Å². The number of rotatable bonds is 7. The van der Waals surface area contributed by atoms with Crippen molar-refractivity contribution >= 4 is 12.0 Å². The van der Waals surface area contributed by atoms with Gasteiger partial charge in [-0.2, -0.15) is 0 Å². The van der Waals surface area contributed by atoms with Gasteiger partial charge < -0.3 is 9.47 Å². The van der Waals surface area contributed by atoms with Crippen molar-refractivity contribution < 1.29 is 19.2 Å². The molecule has 0 radical (unpaired) electrons. The highest BCUT2D eigenvalue weighted by molar-refractivity contribution is 5.90. The van der Waals surface area contributed by atoms with E-state index in [9.17, 15) is 14.9 Å². The molecule has 150 valence electrons. The minimum absolute atomic E-state index is 0.142. The summed E-state index contributed by atoms with van der Waals surface area (Å²) in [6, 6.07) is 6.67. The quantitative estimate of drug-likeness (QED) is 0.330. The van der Waals surface area contributed by atoms with Gasteiger partial charge in [-0.05, 0) is 59.6 Å². The number of hydrogen-bond acceptors (Lipinski definition) is 6. The molecule has 8 rings (SSSR count). The summed E-state index contributed by atoms with van der Waals surface area (Å²) in [5.74, 6) is 6.20. The fourth-order valence-electron chi connectivity index (χ4n) is 8.68. The van der Waals surface area contributed by atoms with Crippen LogP contribution in [0.4, 0.5) is 0 Å². The first-order valence-electron chi connectivity index (χ1n) is 10.6. The van der Waals surface area contributed by atoms with Crippen molar-refractivity contribution in [1.29, 1.82) is 0 Å². The summed E-state index contributed by atoms with van der Waals surface area (Å²) in [6.07, 6.45) is 4.14. The SMILES string of the molecule is O=C(OCCNC12OC3C4C5CC(C6C5C3C61)C42)c1cccc(/C=C/[N+](=O)[O-])c1. The standard InChI is InChI=1S/C22H22N2O5/c25-21(11-3-1-2-10(8-11)4-6-24(26)27)28-7-5-23-22-18-13-9-12-14-15(13)19(22)17(14)20(29-22)16(12)18/h1-4,6,8,12-20,23H,5,7,9H2/b6-4+. The monoisotopic (exact) mass is 394 g/mol. The number of nitro groups is 1. The normalized spacial score (nSPS) is 48.2. The molecule has 4 bridgehead atoms. The van der Waals surface area contributed by atoms with E-state index in [4.69, 9.17) is 9.47 Å². The Morgan fingerprint density at radius 3 is 3.03 bits per heavy atom. The molecule has 10 atom stereocenters. The van der Waals surface area contributed by atoms with Gasteiger partial charge in [0.1, 0.15) is 12.3 Å². The highest BCUT2D eigenvalue weighted by Gasteiger charge is 2.92. The van der Waals surface area contributed by atoms with Crippen molar-refractivity contribution in [1.82, 2.24) is 5.32 Å². The first-order chi connectivity index (χ1) is 14.1. The molecule has 2 heterocycles. The minimum atomic E-state index is -0.528. The van der Waals surface area contributed by atoms with E-state index in [0.29, 0.717) is 42.2 Å². The smallest absolute Gasteiger partial charge is 0.338 e. The molecule has 7 aliphatic rings. The van der Waals surface area contributed by atoms with Crippen LogP contribution in [0, 0.1) is 57.5 Å². The van der Waals surface area contributed by atoms with Crippen LogP contribution < -0.4 is 5.32 Å². The predicted octanol–water partition coefficient (Wildman–Crippen LogP) is 2.16. The zero-order valence-corrected chi connectivity index (χ0v) is 15.8. The number of carbonyl (C=O) groups is 1. The number of ether oxygens (including phenoxy) is 2. The molecule has 1 aromatic rings. The average Bonchev–Trinajstić information content (AvgIpc) is 3.38. The van der Waals surface area contributed by atoms with E-state index in [-0.39, 0.29) is 5.72 Å². The van der Waals surface area contributed by atoms with Gasteiger partial charge in [0, 0.05) is 24.5 Å². The largest absolute Gasteiger partial charge is 0.461 e. The third-order valence-corrected chi connectivity index (χ3v) is 8.95. The second-order valence-electron chi connectivity index (χ2n) is 9.59. The van der Waals surface area contributed by atoms with Gasteiger partial charge in [-0.25, -0.2) is 4.79 Å². The molecule has 7 nitrogen and oxygen atoms in total. The summed E-state index contributed by atoms with van der Waals surface area (Å²) < 4.78 is 12.1. The fraction of sp³-hybridized carbons (Fsp3) is 0.591. The molecule has 0 spiro atoms. The lowest BCUT2D eigenvalue weighted by Gasteiger charge is -2.45. The van der Waals surface area contributed by atoms with Gasteiger partial charge >= 0.3 is 5.97 Å². The second-order valence-corrected chi connectivity index (χ2v) is 9.59. The second kappa shape index (κ2) is 5.26. The highest BCUT2D eigenvalue weighted by Crippen LogP contribution is 2.89. The Morgan fingerprint density at radius 1 is 1.28 bits per heavy atom. The first-order valence-corrected chi connectivity index (χ1v) is 10.6. The van der Waals surface area contributed by atoms with E-state index >= 15 is 0 Å². The van der Waals surface area contributed by atoms with Crippen LogP contribution in [0.25, 0.3) is 6.08 Å². The summed E-state index contributed by atoms with van der Waals surface area (Å²) in [7, 11) is 0. The maximum absolute atomic E-state index is 12.4. The van der Waals surface area contributed by atoms with E-state index in [2.05, 4.69) is 5.32 Å². The Labute approximate surface area is 167 Å². The van der Waals surface area contributed by atoms with Gasteiger partial charge in [0.05, 0.1) is 16.6 Å². The van der Waals surface area contributed by atoms with Crippen LogP contribution in [0.1, 0.15) is 22.3 Å². The molecule has 5 saturated carbocycles. The van der Waals surface area contributed by atoms with Crippen molar-refractivity contribution in [3.8, 4) is 0 Å². The third-order valence-electron chi connectivity index (χ3n) is 8.95. The Bertz CT molecular complexity index is 968. The van der Waals surface area contributed by atoms with Crippen LogP contribution in [-0.4, -0.2) is 35.9 Å². The Kier molecular flexibility index (Phi) is 3.00. The van der Waals surface area contributed by atoms with Crippen molar-refractivity contribution in [2.75, 3.05) is 13.2 Å². The van der Waals surface area contributed by atoms with Crippen LogP contribution in [0.3, 0.4) is 0 Å². The summed E-state index contributed by atoms with van der Waals surface area (Å²) in [5, 5.41) is 14.1.